The summed E-state index contributed by atoms with van der Waals surface area (Å²) < 4.78 is 0. The van der Waals surface area contributed by atoms with Crippen molar-refractivity contribution < 1.29 is 0 Å². The van der Waals surface area contributed by atoms with E-state index < -0.39 is 8.07 Å². The average molecular weight is 231 g/mol. The molecule has 0 saturated carbocycles. The van der Waals surface area contributed by atoms with Gasteiger partial charge in [-0.1, -0.05) is 0 Å². The summed E-state index contributed by atoms with van der Waals surface area (Å²) in [5.74, 6) is 0. The molecule has 0 fully saturated rings. The third-order valence-electron chi connectivity index (χ3n) is 0.913. The van der Waals surface area contributed by atoms with Gasteiger partial charge in [0.1, 0.15) is 0 Å². The molecular formula is C9H16SeSi. The molecule has 0 N–H and O–H groups in total. The predicted octanol–water partition coefficient (Wildman–Crippen LogP) is 2.52. The molecule has 0 aromatic heterocycles. The summed E-state index contributed by atoms with van der Waals surface area (Å²) in [6.07, 6.45) is 4.29. The Morgan fingerprint density at radius 3 is 2.45 bits per heavy atom. The molecule has 0 aliphatic carbocycles. The summed E-state index contributed by atoms with van der Waals surface area (Å²) in [6, 6.07) is 0. The second kappa shape index (κ2) is 5.66. The fourth-order valence-electron chi connectivity index (χ4n) is 0.375. The molecule has 0 amide bonds. The molecule has 0 saturated heterocycles. The Balaban J connectivity index is 3.57. The topological polar surface area (TPSA) is 0 Å². The zero-order valence-electron chi connectivity index (χ0n) is 7.77. The van der Waals surface area contributed by atoms with E-state index in [1.54, 1.807) is 0 Å². The van der Waals surface area contributed by atoms with E-state index in [0.29, 0.717) is 15.0 Å². The Morgan fingerprint density at radius 1 is 1.36 bits per heavy atom. The zero-order valence-corrected chi connectivity index (χ0v) is 10.5. The number of allylic oxidation sites excluding steroid dienone is 2. The number of rotatable bonds is 2. The van der Waals surface area contributed by atoms with Gasteiger partial charge in [-0.25, -0.2) is 0 Å². The Morgan fingerprint density at radius 2 is 2.00 bits per heavy atom. The maximum absolute atomic E-state index is 3.36. The summed E-state index contributed by atoms with van der Waals surface area (Å²) in [5.41, 5.74) is 3.36. The van der Waals surface area contributed by atoms with Crippen LogP contribution in [0.25, 0.3) is 0 Å². The molecule has 0 bridgehead atoms. The van der Waals surface area contributed by atoms with Gasteiger partial charge in [-0.3, -0.25) is 0 Å². The average Bonchev–Trinajstić information content (AvgIpc) is 1.85. The molecule has 0 aromatic rings. The van der Waals surface area contributed by atoms with E-state index in [-0.39, 0.29) is 0 Å². The fraction of sp³-hybridized carbons (Fsp3) is 0.556. The molecule has 0 aliphatic rings. The van der Waals surface area contributed by atoms with E-state index in [1.807, 2.05) is 0 Å². The Labute approximate surface area is 77.6 Å². The molecule has 0 nitrogen and oxygen atoms in total. The molecule has 0 atom stereocenters. The first kappa shape index (κ1) is 11.0. The Hall–Kier alpha value is 0.0364. The van der Waals surface area contributed by atoms with Crippen LogP contribution in [0.1, 0.15) is 6.92 Å². The van der Waals surface area contributed by atoms with Gasteiger partial charge in [0.25, 0.3) is 0 Å². The van der Waals surface area contributed by atoms with Crippen molar-refractivity contribution in [3.8, 4) is 10.4 Å². The second-order valence-electron chi connectivity index (χ2n) is 3.36. The first-order valence-corrected chi connectivity index (χ1v) is 9.38. The molecule has 0 spiro atoms. The molecule has 0 aromatic carbocycles. The van der Waals surface area contributed by atoms with Gasteiger partial charge < -0.3 is 0 Å². The van der Waals surface area contributed by atoms with Crippen molar-refractivity contribution in [2.24, 2.45) is 0 Å². The molecule has 2 heteroatoms. The van der Waals surface area contributed by atoms with Gasteiger partial charge in [0, 0.05) is 0 Å². The van der Waals surface area contributed by atoms with Crippen LogP contribution < -0.4 is 0 Å². The van der Waals surface area contributed by atoms with Crippen molar-refractivity contribution in [1.29, 1.82) is 0 Å². The van der Waals surface area contributed by atoms with Crippen LogP contribution in [0.5, 0.6) is 0 Å². The van der Waals surface area contributed by atoms with Gasteiger partial charge in [0.05, 0.1) is 0 Å². The summed E-state index contributed by atoms with van der Waals surface area (Å²) in [4.78, 5) is 3.28. The van der Waals surface area contributed by atoms with Crippen LogP contribution in [0.3, 0.4) is 0 Å². The second-order valence-corrected chi connectivity index (χ2v) is 9.84. The molecule has 0 aliphatic heterocycles. The summed E-state index contributed by atoms with van der Waals surface area (Å²) in [7, 11) is -1.09. The maximum atomic E-state index is 3.36. The Bertz CT molecular complexity index is 178. The van der Waals surface area contributed by atoms with Crippen molar-refractivity contribution in [2.45, 2.75) is 31.9 Å². The third-order valence-corrected chi connectivity index (χ3v) is 3.46. The van der Waals surface area contributed by atoms with E-state index in [1.165, 1.54) is 5.32 Å². The molecule has 0 heterocycles. The van der Waals surface area contributed by atoms with Crippen LogP contribution in [0.2, 0.25) is 25.0 Å². The van der Waals surface area contributed by atoms with Crippen LogP contribution in [0.15, 0.2) is 12.2 Å². The van der Waals surface area contributed by atoms with Crippen molar-refractivity contribution in [1.82, 2.24) is 0 Å². The molecule has 0 unspecified atom stereocenters. The SMILES string of the molecule is C/C=C/C[Se]C#C[Si](C)(C)C. The molecule has 62 valence electrons. The molecule has 0 radical (unpaired) electrons. The molecule has 11 heavy (non-hydrogen) atoms. The summed E-state index contributed by atoms with van der Waals surface area (Å²) in [6.45, 7) is 8.91. The first-order chi connectivity index (χ1) is 5.06. The van der Waals surface area contributed by atoms with E-state index in [9.17, 15) is 0 Å². The van der Waals surface area contributed by atoms with E-state index in [4.69, 9.17) is 0 Å². The van der Waals surface area contributed by atoms with Crippen LogP contribution in [0, 0.1) is 10.4 Å². The fourth-order valence-corrected chi connectivity index (χ4v) is 3.92. The van der Waals surface area contributed by atoms with Gasteiger partial charge >= 0.3 is 77.4 Å². The minimum absolute atomic E-state index is 0.521. The van der Waals surface area contributed by atoms with Gasteiger partial charge in [-0.15, -0.1) is 0 Å². The van der Waals surface area contributed by atoms with E-state index in [2.05, 4.69) is 49.1 Å². The van der Waals surface area contributed by atoms with Gasteiger partial charge in [-0.2, -0.15) is 0 Å². The third kappa shape index (κ3) is 10.0. The van der Waals surface area contributed by atoms with Gasteiger partial charge in [0.15, 0.2) is 0 Å². The quantitative estimate of drug-likeness (QED) is 0.296. The van der Waals surface area contributed by atoms with Crippen molar-refractivity contribution in [3.05, 3.63) is 12.2 Å². The van der Waals surface area contributed by atoms with Crippen LogP contribution in [0.4, 0.5) is 0 Å². The summed E-state index contributed by atoms with van der Waals surface area (Å²) >= 11 is 0.521. The predicted molar refractivity (Wildman–Crippen MR) is 56.5 cm³/mol. The van der Waals surface area contributed by atoms with Crippen molar-refractivity contribution in [2.75, 3.05) is 0 Å². The number of hydrogen-bond acceptors (Lipinski definition) is 0. The Kier molecular flexibility index (Phi) is 5.68. The monoisotopic (exact) mass is 232 g/mol. The molecule has 0 rings (SSSR count). The zero-order chi connectivity index (χ0) is 8.74. The minimum atomic E-state index is -1.09. The van der Waals surface area contributed by atoms with Crippen molar-refractivity contribution >= 4 is 23.0 Å². The molecular weight excluding hydrogens is 215 g/mol. The normalized spacial score (nSPS) is 11.3. The van der Waals surface area contributed by atoms with Gasteiger partial charge in [-0.05, 0) is 0 Å². The standard InChI is InChI=1S/C9H16SeSi/c1-5-6-7-10-8-9-11(2,3)4/h5-6H,7H2,1-4H3/b6-5+. The number of hydrogen-bond donors (Lipinski definition) is 0. The first-order valence-electron chi connectivity index (χ1n) is 3.81. The van der Waals surface area contributed by atoms with Crippen LogP contribution in [-0.2, 0) is 0 Å². The van der Waals surface area contributed by atoms with E-state index in [0.717, 1.165) is 0 Å². The summed E-state index contributed by atoms with van der Waals surface area (Å²) in [5, 5.41) is 1.17. The van der Waals surface area contributed by atoms with Crippen LogP contribution in [-0.4, -0.2) is 23.0 Å². The van der Waals surface area contributed by atoms with E-state index >= 15 is 0 Å². The van der Waals surface area contributed by atoms with Gasteiger partial charge in [0.2, 0.25) is 0 Å². The van der Waals surface area contributed by atoms with Crippen LogP contribution >= 0.6 is 0 Å². The van der Waals surface area contributed by atoms with Crippen molar-refractivity contribution in [3.63, 3.8) is 0 Å².